The molecule has 0 aliphatic carbocycles. The van der Waals surface area contributed by atoms with E-state index in [0.29, 0.717) is 6.54 Å². The molecule has 2 rings (SSSR count). The Labute approximate surface area is 141 Å². The fourth-order valence-electron chi connectivity index (χ4n) is 2.57. The predicted octanol–water partition coefficient (Wildman–Crippen LogP) is 3.12. The largest absolute Gasteiger partial charge is 0.361 e. The van der Waals surface area contributed by atoms with Crippen molar-refractivity contribution in [3.8, 4) is 0 Å². The van der Waals surface area contributed by atoms with Crippen LogP contribution in [-0.2, 0) is 6.54 Å². The first-order valence-electron chi connectivity index (χ1n) is 7.97. The number of benzene rings is 1. The number of aryl methyl sites for hydroxylation is 1. The number of nitrogens with one attached hydrogen (secondary N) is 1. The number of allylic oxidation sites excluding steroid dienone is 2. The number of nitrogens with two attached hydrogens (primary N) is 1. The third kappa shape index (κ3) is 4.63. The summed E-state index contributed by atoms with van der Waals surface area (Å²) in [6.45, 7) is 7.01. The minimum absolute atomic E-state index is 0.119. The molecule has 1 aliphatic heterocycles. The van der Waals surface area contributed by atoms with Crippen molar-refractivity contribution in [3.63, 3.8) is 0 Å². The third-order valence-corrected chi connectivity index (χ3v) is 4.57. The maximum absolute atomic E-state index is 6.22. The number of rotatable bonds is 5. The lowest BCUT2D eigenvalue weighted by Crippen LogP contribution is -2.30. The molecule has 0 saturated heterocycles. The number of hydrogen-bond donors (Lipinski definition) is 2. The van der Waals surface area contributed by atoms with Crippen molar-refractivity contribution in [2.75, 3.05) is 0 Å². The van der Waals surface area contributed by atoms with Gasteiger partial charge in [-0.05, 0) is 54.5 Å². The van der Waals surface area contributed by atoms with Gasteiger partial charge in [0.1, 0.15) is 0 Å². The number of dihydropyridines is 1. The molecule has 0 fully saturated rings. The summed E-state index contributed by atoms with van der Waals surface area (Å²) in [7, 11) is 2.75. The lowest BCUT2D eigenvalue weighted by molar-refractivity contribution is 0.886. The Kier molecular flexibility index (Phi) is 6.32. The first-order valence-corrected chi connectivity index (χ1v) is 8.55. The van der Waals surface area contributed by atoms with E-state index in [1.807, 2.05) is 18.5 Å². The molecule has 0 radical (unpaired) electrons. The molecule has 1 aliphatic rings. The third-order valence-electron chi connectivity index (χ3n) is 3.92. The fourth-order valence-corrected chi connectivity index (χ4v) is 2.75. The summed E-state index contributed by atoms with van der Waals surface area (Å²) in [4.78, 5) is 4.61. The maximum atomic E-state index is 6.22. The van der Waals surface area contributed by atoms with E-state index in [9.17, 15) is 0 Å². The molecule has 0 aromatic heterocycles. The van der Waals surface area contributed by atoms with Gasteiger partial charge in [-0.25, -0.2) is 0 Å². The second kappa shape index (κ2) is 8.24. The molecule has 2 unspecified atom stereocenters. The van der Waals surface area contributed by atoms with Crippen molar-refractivity contribution >= 4 is 20.8 Å². The molecule has 122 valence electrons. The minimum atomic E-state index is -0.119. The van der Waals surface area contributed by atoms with E-state index in [2.05, 4.69) is 64.6 Å². The highest BCUT2D eigenvalue weighted by Gasteiger charge is 2.15. The van der Waals surface area contributed by atoms with Gasteiger partial charge in [0.2, 0.25) is 0 Å². The summed E-state index contributed by atoms with van der Waals surface area (Å²) >= 11 is 0. The van der Waals surface area contributed by atoms with Crippen molar-refractivity contribution in [1.29, 1.82) is 0 Å². The van der Waals surface area contributed by atoms with E-state index >= 15 is 0 Å². The molecule has 0 bridgehead atoms. The van der Waals surface area contributed by atoms with Crippen molar-refractivity contribution in [2.24, 2.45) is 10.7 Å². The van der Waals surface area contributed by atoms with Crippen molar-refractivity contribution < 1.29 is 0 Å². The SMILES string of the molecule is CC/C=C(/C)C1=C(C=NCc2ccc(P)c(C)c2)C(N)C=CN1. The lowest BCUT2D eigenvalue weighted by Gasteiger charge is -2.21. The molecular formula is C19H26N3P. The topological polar surface area (TPSA) is 50.4 Å². The minimum Gasteiger partial charge on any atom is -0.361 e. The van der Waals surface area contributed by atoms with Crippen LogP contribution in [0, 0.1) is 6.92 Å². The molecule has 23 heavy (non-hydrogen) atoms. The summed E-state index contributed by atoms with van der Waals surface area (Å²) in [6, 6.07) is 6.28. The number of hydrogen-bond acceptors (Lipinski definition) is 3. The van der Waals surface area contributed by atoms with Crippen LogP contribution in [-0.4, -0.2) is 12.3 Å². The average molecular weight is 327 g/mol. The van der Waals surface area contributed by atoms with Gasteiger partial charge in [-0.15, -0.1) is 9.24 Å². The Morgan fingerprint density at radius 1 is 1.43 bits per heavy atom. The summed E-state index contributed by atoms with van der Waals surface area (Å²) in [5, 5.41) is 4.53. The second-order valence-electron chi connectivity index (χ2n) is 5.82. The normalized spacial score (nSPS) is 18.7. The molecule has 0 saturated carbocycles. The fraction of sp³-hybridized carbons (Fsp3) is 0.316. The molecule has 0 spiro atoms. The smallest absolute Gasteiger partial charge is 0.0639 e. The first kappa shape index (κ1) is 17.7. The summed E-state index contributed by atoms with van der Waals surface area (Å²) < 4.78 is 0. The molecule has 2 atom stereocenters. The van der Waals surface area contributed by atoms with Crippen LogP contribution in [0.5, 0.6) is 0 Å². The Bertz CT molecular complexity index is 684. The van der Waals surface area contributed by atoms with Crippen LogP contribution in [0.15, 0.2) is 58.4 Å². The molecule has 1 heterocycles. The molecule has 0 amide bonds. The average Bonchev–Trinajstić information content (AvgIpc) is 2.52. The zero-order valence-corrected chi connectivity index (χ0v) is 15.3. The van der Waals surface area contributed by atoms with E-state index in [1.54, 1.807) is 0 Å². The predicted molar refractivity (Wildman–Crippen MR) is 104 cm³/mol. The van der Waals surface area contributed by atoms with Gasteiger partial charge < -0.3 is 11.1 Å². The first-order chi connectivity index (χ1) is 11.0. The van der Waals surface area contributed by atoms with E-state index in [4.69, 9.17) is 5.73 Å². The van der Waals surface area contributed by atoms with Gasteiger partial charge in [0, 0.05) is 17.5 Å². The van der Waals surface area contributed by atoms with Crippen LogP contribution in [0.1, 0.15) is 31.4 Å². The number of aliphatic imine (C=N–C) groups is 1. The zero-order valence-electron chi connectivity index (χ0n) is 14.1. The van der Waals surface area contributed by atoms with E-state index in [-0.39, 0.29) is 6.04 Å². The Morgan fingerprint density at radius 3 is 2.91 bits per heavy atom. The highest BCUT2D eigenvalue weighted by Crippen LogP contribution is 2.18. The van der Waals surface area contributed by atoms with Gasteiger partial charge in [-0.1, -0.05) is 31.2 Å². The van der Waals surface area contributed by atoms with Gasteiger partial charge in [-0.2, -0.15) is 0 Å². The van der Waals surface area contributed by atoms with Gasteiger partial charge in [0.15, 0.2) is 0 Å². The van der Waals surface area contributed by atoms with Crippen molar-refractivity contribution in [1.82, 2.24) is 5.32 Å². The van der Waals surface area contributed by atoms with Gasteiger partial charge in [0.05, 0.1) is 12.6 Å². The Balaban J connectivity index is 2.19. The lowest BCUT2D eigenvalue weighted by atomic mass is 9.99. The standard InChI is InChI=1S/C19H26N3P/c1-4-5-13(2)19-16(17(20)8-9-22-19)12-21-11-15-6-7-18(23)14(3)10-15/h5-10,12,17,22H,4,11,20,23H2,1-3H3/b13-5-,21-12?. The Hall–Kier alpha value is -1.70. The quantitative estimate of drug-likeness (QED) is 0.645. The van der Waals surface area contributed by atoms with E-state index < -0.39 is 0 Å². The molecule has 3 N–H and O–H groups in total. The molecule has 4 heteroatoms. The summed E-state index contributed by atoms with van der Waals surface area (Å²) in [5.74, 6) is 0. The Morgan fingerprint density at radius 2 is 2.22 bits per heavy atom. The van der Waals surface area contributed by atoms with Crippen molar-refractivity contribution in [2.45, 2.75) is 39.8 Å². The molecule has 1 aromatic rings. The maximum Gasteiger partial charge on any atom is 0.0639 e. The van der Waals surface area contributed by atoms with Gasteiger partial charge in [-0.3, -0.25) is 4.99 Å². The van der Waals surface area contributed by atoms with Crippen LogP contribution in [0.2, 0.25) is 0 Å². The molecule has 1 aromatic carbocycles. The van der Waals surface area contributed by atoms with E-state index in [1.165, 1.54) is 22.0 Å². The van der Waals surface area contributed by atoms with Gasteiger partial charge >= 0.3 is 0 Å². The monoisotopic (exact) mass is 327 g/mol. The van der Waals surface area contributed by atoms with Crippen molar-refractivity contribution in [3.05, 3.63) is 64.5 Å². The van der Waals surface area contributed by atoms with E-state index in [0.717, 1.165) is 17.7 Å². The summed E-state index contributed by atoms with van der Waals surface area (Å²) in [6.07, 6.45) is 8.97. The zero-order chi connectivity index (χ0) is 16.8. The molecule has 3 nitrogen and oxygen atoms in total. The van der Waals surface area contributed by atoms with Gasteiger partial charge in [0.25, 0.3) is 0 Å². The molecular weight excluding hydrogens is 301 g/mol. The van der Waals surface area contributed by atoms with Crippen LogP contribution in [0.4, 0.5) is 0 Å². The highest BCUT2D eigenvalue weighted by molar-refractivity contribution is 7.27. The van der Waals surface area contributed by atoms with Crippen LogP contribution >= 0.6 is 9.24 Å². The second-order valence-corrected chi connectivity index (χ2v) is 6.44. The summed E-state index contributed by atoms with van der Waals surface area (Å²) in [5.41, 5.74) is 12.0. The van der Waals surface area contributed by atoms with Crippen LogP contribution in [0.3, 0.4) is 0 Å². The van der Waals surface area contributed by atoms with Crippen LogP contribution < -0.4 is 16.4 Å². The highest BCUT2D eigenvalue weighted by atomic mass is 31.0. The van der Waals surface area contributed by atoms with Crippen LogP contribution in [0.25, 0.3) is 0 Å². The number of nitrogens with zero attached hydrogens (tertiary/aromatic N) is 1.